The van der Waals surface area contributed by atoms with Crippen LogP contribution in [0.5, 0.6) is 0 Å². The van der Waals surface area contributed by atoms with Crippen molar-refractivity contribution in [2.24, 2.45) is 0 Å². The van der Waals surface area contributed by atoms with Gasteiger partial charge >= 0.3 is 0 Å². The van der Waals surface area contributed by atoms with Crippen molar-refractivity contribution in [2.75, 3.05) is 11.1 Å². The highest BCUT2D eigenvalue weighted by atomic mass is 35.5. The van der Waals surface area contributed by atoms with E-state index >= 15 is 0 Å². The van der Waals surface area contributed by atoms with Crippen LogP contribution in [-0.4, -0.2) is 43.7 Å². The number of halogens is 1. The van der Waals surface area contributed by atoms with Gasteiger partial charge in [0.15, 0.2) is 21.3 Å². The number of aryl methyl sites for hydroxylation is 1. The molecule has 0 aliphatic rings. The van der Waals surface area contributed by atoms with Crippen LogP contribution in [0.1, 0.15) is 44.8 Å². The summed E-state index contributed by atoms with van der Waals surface area (Å²) in [4.78, 5) is 34.0. The number of aromatic nitrogens is 6. The highest BCUT2D eigenvalue weighted by Crippen LogP contribution is 2.20. The van der Waals surface area contributed by atoms with E-state index in [1.54, 1.807) is 18.4 Å². The van der Waals surface area contributed by atoms with E-state index in [2.05, 4.69) is 30.2 Å². The van der Waals surface area contributed by atoms with E-state index in [1.165, 1.54) is 12.4 Å². The zero-order valence-corrected chi connectivity index (χ0v) is 18.6. The number of anilines is 1. The summed E-state index contributed by atoms with van der Waals surface area (Å²) in [6.45, 7) is 7.26. The first-order chi connectivity index (χ1) is 14.2. The standard InChI is InChI=1S/C18H22ClN7O3S/c1-5-10(3)26-16-14(11(4)23-18(19)25-16)24-15(17(26)27)22-9-13-20-7-12(8-21-13)30(28,29)6-2/h7-8,10H,5-6,9H2,1-4H3,(H,22,24)/t10-/m1/s1. The smallest absolute Gasteiger partial charge is 0.295 e. The van der Waals surface area contributed by atoms with Crippen LogP contribution in [0.3, 0.4) is 0 Å². The highest BCUT2D eigenvalue weighted by molar-refractivity contribution is 7.91. The van der Waals surface area contributed by atoms with Crippen molar-refractivity contribution < 1.29 is 8.42 Å². The Morgan fingerprint density at radius 3 is 2.43 bits per heavy atom. The lowest BCUT2D eigenvalue weighted by Crippen LogP contribution is -2.29. The quantitative estimate of drug-likeness (QED) is 0.537. The average molecular weight is 452 g/mol. The monoisotopic (exact) mass is 451 g/mol. The van der Waals surface area contributed by atoms with Crippen LogP contribution in [0, 0.1) is 6.92 Å². The van der Waals surface area contributed by atoms with Crippen molar-refractivity contribution in [1.29, 1.82) is 0 Å². The maximum atomic E-state index is 13.1. The minimum atomic E-state index is -3.38. The topological polar surface area (TPSA) is 133 Å². The summed E-state index contributed by atoms with van der Waals surface area (Å²) >= 11 is 5.99. The van der Waals surface area contributed by atoms with Gasteiger partial charge in [-0.2, -0.15) is 4.98 Å². The number of hydrogen-bond acceptors (Lipinski definition) is 9. The van der Waals surface area contributed by atoms with Crippen LogP contribution in [0.25, 0.3) is 11.2 Å². The van der Waals surface area contributed by atoms with E-state index in [9.17, 15) is 13.2 Å². The van der Waals surface area contributed by atoms with Crippen molar-refractivity contribution in [3.63, 3.8) is 0 Å². The molecule has 3 rings (SSSR count). The van der Waals surface area contributed by atoms with E-state index < -0.39 is 9.84 Å². The maximum absolute atomic E-state index is 13.1. The van der Waals surface area contributed by atoms with Gasteiger partial charge in [-0.1, -0.05) is 13.8 Å². The van der Waals surface area contributed by atoms with E-state index in [0.717, 1.165) is 0 Å². The van der Waals surface area contributed by atoms with Crippen LogP contribution < -0.4 is 10.9 Å². The SMILES string of the molecule is CC[C@@H](C)n1c(=O)c(NCc2ncc(S(=O)(=O)CC)cn2)nc2c(C)nc(Cl)nc21. The van der Waals surface area contributed by atoms with Gasteiger partial charge in [-0.3, -0.25) is 9.36 Å². The third kappa shape index (κ3) is 4.26. The Morgan fingerprint density at radius 1 is 1.17 bits per heavy atom. The van der Waals surface area contributed by atoms with E-state index in [0.29, 0.717) is 29.1 Å². The molecule has 0 saturated carbocycles. The van der Waals surface area contributed by atoms with Gasteiger partial charge in [0.2, 0.25) is 5.28 Å². The van der Waals surface area contributed by atoms with Gasteiger partial charge in [-0.15, -0.1) is 0 Å². The predicted octanol–water partition coefficient (Wildman–Crippen LogP) is 2.32. The Labute approximate surface area is 178 Å². The van der Waals surface area contributed by atoms with Gasteiger partial charge in [0.05, 0.1) is 18.0 Å². The summed E-state index contributed by atoms with van der Waals surface area (Å²) in [7, 11) is -3.38. The first-order valence-electron chi connectivity index (χ1n) is 9.41. The number of nitrogens with one attached hydrogen (secondary N) is 1. The molecule has 3 heterocycles. The Morgan fingerprint density at radius 2 is 1.83 bits per heavy atom. The molecule has 3 aromatic rings. The van der Waals surface area contributed by atoms with Crippen LogP contribution in [0.15, 0.2) is 22.1 Å². The first kappa shape index (κ1) is 22.0. The first-order valence-corrected chi connectivity index (χ1v) is 11.4. The molecule has 0 amide bonds. The molecule has 0 aliphatic carbocycles. The molecular weight excluding hydrogens is 430 g/mol. The fourth-order valence-electron chi connectivity index (χ4n) is 2.82. The van der Waals surface area contributed by atoms with E-state index in [1.807, 2.05) is 13.8 Å². The van der Waals surface area contributed by atoms with Crippen molar-refractivity contribution >= 4 is 38.4 Å². The Balaban J connectivity index is 1.99. The van der Waals surface area contributed by atoms with Crippen LogP contribution in [0.4, 0.5) is 5.82 Å². The van der Waals surface area contributed by atoms with E-state index in [4.69, 9.17) is 11.6 Å². The predicted molar refractivity (Wildman–Crippen MR) is 113 cm³/mol. The molecule has 1 atom stereocenters. The van der Waals surface area contributed by atoms with Crippen LogP contribution in [0.2, 0.25) is 5.28 Å². The highest BCUT2D eigenvalue weighted by Gasteiger charge is 2.19. The Bertz CT molecular complexity index is 1240. The third-order valence-electron chi connectivity index (χ3n) is 4.75. The van der Waals surface area contributed by atoms with Crippen molar-refractivity contribution in [3.05, 3.63) is 39.5 Å². The molecule has 1 N–H and O–H groups in total. The molecule has 0 aliphatic heterocycles. The zero-order valence-electron chi connectivity index (χ0n) is 17.0. The molecule has 0 spiro atoms. The summed E-state index contributed by atoms with van der Waals surface area (Å²) in [6.07, 6.45) is 3.22. The van der Waals surface area contributed by atoms with Crippen molar-refractivity contribution in [1.82, 2.24) is 29.5 Å². The summed E-state index contributed by atoms with van der Waals surface area (Å²) in [5.74, 6) is 0.395. The maximum Gasteiger partial charge on any atom is 0.295 e. The normalized spacial score (nSPS) is 12.8. The Kier molecular flexibility index (Phi) is 6.32. The van der Waals surface area contributed by atoms with Gasteiger partial charge in [0.25, 0.3) is 5.56 Å². The molecule has 0 aromatic carbocycles. The van der Waals surface area contributed by atoms with Crippen LogP contribution >= 0.6 is 11.6 Å². The van der Waals surface area contributed by atoms with Gasteiger partial charge < -0.3 is 5.32 Å². The summed E-state index contributed by atoms with van der Waals surface area (Å²) in [5, 5.41) is 3.00. The molecule has 160 valence electrons. The Hall–Kier alpha value is -2.66. The minimum Gasteiger partial charge on any atom is -0.358 e. The number of fused-ring (bicyclic) bond motifs is 1. The molecule has 0 saturated heterocycles. The molecule has 10 nitrogen and oxygen atoms in total. The second kappa shape index (κ2) is 8.60. The number of sulfone groups is 1. The van der Waals surface area contributed by atoms with Gasteiger partial charge in [0, 0.05) is 18.4 Å². The molecular formula is C18H22ClN7O3S. The minimum absolute atomic E-state index is 0.0322. The molecule has 0 radical (unpaired) electrons. The van der Waals surface area contributed by atoms with Crippen LogP contribution in [-0.2, 0) is 16.4 Å². The number of nitrogens with zero attached hydrogens (tertiary/aromatic N) is 6. The molecule has 0 fully saturated rings. The van der Waals surface area contributed by atoms with Crippen molar-refractivity contribution in [2.45, 2.75) is 51.6 Å². The fourth-order valence-corrected chi connectivity index (χ4v) is 3.78. The van der Waals surface area contributed by atoms with Gasteiger partial charge in [0.1, 0.15) is 16.2 Å². The zero-order chi connectivity index (χ0) is 22.1. The lowest BCUT2D eigenvalue weighted by molar-refractivity contribution is 0.526. The molecule has 12 heteroatoms. The van der Waals surface area contributed by atoms with Gasteiger partial charge in [-0.25, -0.2) is 28.4 Å². The lowest BCUT2D eigenvalue weighted by atomic mass is 10.2. The fraction of sp³-hybridized carbons (Fsp3) is 0.444. The second-order valence-electron chi connectivity index (χ2n) is 6.74. The summed E-state index contributed by atoms with van der Waals surface area (Å²) in [5.41, 5.74) is 1.04. The van der Waals surface area contributed by atoms with E-state index in [-0.39, 0.29) is 39.9 Å². The lowest BCUT2D eigenvalue weighted by Gasteiger charge is -2.17. The number of hydrogen-bond donors (Lipinski definition) is 1. The van der Waals surface area contributed by atoms with Crippen molar-refractivity contribution in [3.8, 4) is 0 Å². The molecule has 0 unspecified atom stereocenters. The third-order valence-corrected chi connectivity index (χ3v) is 6.61. The van der Waals surface area contributed by atoms with Gasteiger partial charge in [-0.05, 0) is 31.9 Å². The molecule has 3 aromatic heterocycles. The molecule has 0 bridgehead atoms. The number of rotatable bonds is 7. The largest absolute Gasteiger partial charge is 0.358 e. The second-order valence-corrected chi connectivity index (χ2v) is 9.35. The summed E-state index contributed by atoms with van der Waals surface area (Å²) < 4.78 is 25.3. The average Bonchev–Trinajstić information content (AvgIpc) is 2.72. The summed E-state index contributed by atoms with van der Waals surface area (Å²) in [6, 6.07) is -0.135. The molecule has 30 heavy (non-hydrogen) atoms.